The Balaban J connectivity index is 1.56. The van der Waals surface area contributed by atoms with Crippen LogP contribution in [0.25, 0.3) is 10.1 Å². The van der Waals surface area contributed by atoms with E-state index in [0.717, 1.165) is 48.2 Å². The first-order valence-electron chi connectivity index (χ1n) is 8.60. The average Bonchev–Trinajstić information content (AvgIpc) is 3.30. The van der Waals surface area contributed by atoms with Crippen LogP contribution in [0.2, 0.25) is 0 Å². The molecule has 0 radical (unpaired) electrons. The fourth-order valence-corrected chi connectivity index (χ4v) is 4.19. The molecule has 2 heterocycles. The summed E-state index contributed by atoms with van der Waals surface area (Å²) in [6.07, 6.45) is 2.07. The maximum atomic E-state index is 13.8. The minimum Gasteiger partial charge on any atom is -0.338 e. The largest absolute Gasteiger partial charge is 0.338 e. The Morgan fingerprint density at radius 3 is 2.52 bits per heavy atom. The van der Waals surface area contributed by atoms with Crippen LogP contribution in [0.1, 0.15) is 32.9 Å². The van der Waals surface area contributed by atoms with Gasteiger partial charge in [-0.15, -0.1) is 11.3 Å². The topological polar surface area (TPSA) is 49.4 Å². The Bertz CT molecular complexity index is 1040. The van der Waals surface area contributed by atoms with Crippen molar-refractivity contribution in [1.82, 2.24) is 4.90 Å². The molecule has 0 atom stereocenters. The van der Waals surface area contributed by atoms with Crippen LogP contribution in [-0.4, -0.2) is 29.8 Å². The number of thiophene rings is 1. The van der Waals surface area contributed by atoms with E-state index in [4.69, 9.17) is 0 Å². The summed E-state index contributed by atoms with van der Waals surface area (Å²) in [6.45, 7) is 1.58. The fourth-order valence-electron chi connectivity index (χ4n) is 3.17. The van der Waals surface area contributed by atoms with E-state index < -0.39 is 17.5 Å². The second kappa shape index (κ2) is 7.08. The first-order chi connectivity index (χ1) is 13.0. The molecule has 138 valence electrons. The highest BCUT2D eigenvalue weighted by Crippen LogP contribution is 2.30. The lowest BCUT2D eigenvalue weighted by Crippen LogP contribution is -2.26. The third-order valence-corrected chi connectivity index (χ3v) is 5.66. The van der Waals surface area contributed by atoms with Crippen LogP contribution in [0.3, 0.4) is 0 Å². The average molecular weight is 386 g/mol. The number of likely N-dealkylation sites (tertiary alicyclic amines) is 1. The monoisotopic (exact) mass is 386 g/mol. The number of halogens is 2. The third kappa shape index (κ3) is 3.55. The number of nitrogens with zero attached hydrogens (tertiary/aromatic N) is 1. The summed E-state index contributed by atoms with van der Waals surface area (Å²) in [4.78, 5) is 27.3. The number of amides is 2. The zero-order chi connectivity index (χ0) is 19.0. The van der Waals surface area contributed by atoms with Crippen LogP contribution in [0.4, 0.5) is 14.5 Å². The molecular weight excluding hydrogens is 370 g/mol. The van der Waals surface area contributed by atoms with Crippen molar-refractivity contribution in [2.75, 3.05) is 18.4 Å². The molecule has 1 fully saturated rings. The quantitative estimate of drug-likeness (QED) is 0.711. The first-order valence-corrected chi connectivity index (χ1v) is 9.42. The standard InChI is InChI=1S/C20H16F2N2O2S/c21-13-3-5-15(16(22)11-13)19(25)23-14-4-6-17-12(9-14)10-18(27-17)20(26)24-7-1-2-8-24/h3-6,9-11H,1-2,7-8H2,(H,23,25). The van der Waals surface area contributed by atoms with Gasteiger partial charge in [-0.05, 0) is 54.6 Å². The van der Waals surface area contributed by atoms with Crippen molar-refractivity contribution in [2.24, 2.45) is 0 Å². The van der Waals surface area contributed by atoms with Gasteiger partial charge in [0.05, 0.1) is 10.4 Å². The van der Waals surface area contributed by atoms with E-state index in [-0.39, 0.29) is 11.5 Å². The predicted molar refractivity (Wildman–Crippen MR) is 101 cm³/mol. The highest BCUT2D eigenvalue weighted by Gasteiger charge is 2.21. The van der Waals surface area contributed by atoms with Crippen molar-refractivity contribution in [1.29, 1.82) is 0 Å². The van der Waals surface area contributed by atoms with Gasteiger partial charge in [-0.2, -0.15) is 0 Å². The molecule has 1 N–H and O–H groups in total. The number of carbonyl (C=O) groups excluding carboxylic acids is 2. The van der Waals surface area contributed by atoms with Crippen LogP contribution >= 0.6 is 11.3 Å². The van der Waals surface area contributed by atoms with Gasteiger partial charge in [-0.3, -0.25) is 9.59 Å². The summed E-state index contributed by atoms with van der Waals surface area (Å²) < 4.78 is 27.7. The van der Waals surface area contributed by atoms with Gasteiger partial charge >= 0.3 is 0 Å². The molecule has 0 saturated carbocycles. The van der Waals surface area contributed by atoms with Gasteiger partial charge in [-0.1, -0.05) is 0 Å². The van der Waals surface area contributed by atoms with Crippen LogP contribution in [0.15, 0.2) is 42.5 Å². The van der Waals surface area contributed by atoms with E-state index in [1.54, 1.807) is 12.1 Å². The molecule has 0 bridgehead atoms. The second-order valence-corrected chi connectivity index (χ2v) is 7.52. The van der Waals surface area contributed by atoms with E-state index in [1.807, 2.05) is 17.0 Å². The summed E-state index contributed by atoms with van der Waals surface area (Å²) in [5.41, 5.74) is 0.251. The van der Waals surface area contributed by atoms with Crippen molar-refractivity contribution in [3.05, 3.63) is 64.5 Å². The molecule has 3 aromatic rings. The summed E-state index contributed by atoms with van der Waals surface area (Å²) in [5, 5.41) is 3.45. The van der Waals surface area contributed by atoms with E-state index in [2.05, 4.69) is 5.32 Å². The molecule has 1 aromatic heterocycles. The SMILES string of the molecule is O=C(Nc1ccc2sc(C(=O)N3CCCC3)cc2c1)c1ccc(F)cc1F. The van der Waals surface area contributed by atoms with E-state index in [0.29, 0.717) is 16.6 Å². The molecule has 1 saturated heterocycles. The van der Waals surface area contributed by atoms with Crippen molar-refractivity contribution in [2.45, 2.75) is 12.8 Å². The smallest absolute Gasteiger partial charge is 0.263 e. The molecule has 2 aromatic carbocycles. The van der Waals surface area contributed by atoms with E-state index >= 15 is 0 Å². The molecule has 1 aliphatic heterocycles. The predicted octanol–water partition coefficient (Wildman–Crippen LogP) is 4.67. The lowest BCUT2D eigenvalue weighted by atomic mass is 10.1. The lowest BCUT2D eigenvalue weighted by Gasteiger charge is -2.13. The van der Waals surface area contributed by atoms with Crippen LogP contribution in [0.5, 0.6) is 0 Å². The number of benzene rings is 2. The number of carbonyl (C=O) groups is 2. The molecule has 4 nitrogen and oxygen atoms in total. The van der Waals surface area contributed by atoms with E-state index in [1.165, 1.54) is 11.3 Å². The summed E-state index contributed by atoms with van der Waals surface area (Å²) in [5.74, 6) is -2.27. The Morgan fingerprint density at radius 1 is 1.00 bits per heavy atom. The lowest BCUT2D eigenvalue weighted by molar-refractivity contribution is 0.0797. The number of fused-ring (bicyclic) bond motifs is 1. The van der Waals surface area contributed by atoms with Crippen molar-refractivity contribution < 1.29 is 18.4 Å². The molecule has 27 heavy (non-hydrogen) atoms. The van der Waals surface area contributed by atoms with Gasteiger partial charge < -0.3 is 10.2 Å². The Labute approximate surface area is 158 Å². The Kier molecular flexibility index (Phi) is 4.61. The Morgan fingerprint density at radius 2 is 1.78 bits per heavy atom. The van der Waals surface area contributed by atoms with Gasteiger partial charge in [0.2, 0.25) is 0 Å². The third-order valence-electron chi connectivity index (χ3n) is 4.55. The minimum absolute atomic E-state index is 0.0349. The summed E-state index contributed by atoms with van der Waals surface area (Å²) in [7, 11) is 0. The molecule has 0 spiro atoms. The van der Waals surface area contributed by atoms with Crippen molar-refractivity contribution in [3.8, 4) is 0 Å². The summed E-state index contributed by atoms with van der Waals surface area (Å²) in [6, 6.07) is 9.89. The summed E-state index contributed by atoms with van der Waals surface area (Å²) >= 11 is 1.41. The molecule has 4 rings (SSSR count). The maximum absolute atomic E-state index is 13.8. The highest BCUT2D eigenvalue weighted by atomic mass is 32.1. The van der Waals surface area contributed by atoms with Crippen molar-refractivity contribution >= 4 is 38.9 Å². The van der Waals surface area contributed by atoms with Crippen LogP contribution < -0.4 is 5.32 Å². The zero-order valence-electron chi connectivity index (χ0n) is 14.3. The van der Waals surface area contributed by atoms with Gasteiger partial charge in [0, 0.05) is 29.5 Å². The van der Waals surface area contributed by atoms with Gasteiger partial charge in [0.1, 0.15) is 11.6 Å². The number of rotatable bonds is 3. The molecular formula is C20H16F2N2O2S. The van der Waals surface area contributed by atoms with E-state index in [9.17, 15) is 18.4 Å². The highest BCUT2D eigenvalue weighted by molar-refractivity contribution is 7.20. The molecule has 0 aliphatic carbocycles. The number of nitrogens with one attached hydrogen (secondary N) is 1. The molecule has 1 aliphatic rings. The number of anilines is 1. The molecule has 0 unspecified atom stereocenters. The normalized spacial score (nSPS) is 13.9. The van der Waals surface area contributed by atoms with Gasteiger partial charge in [0.25, 0.3) is 11.8 Å². The van der Waals surface area contributed by atoms with Crippen molar-refractivity contribution in [3.63, 3.8) is 0 Å². The fraction of sp³-hybridized carbons (Fsp3) is 0.200. The minimum atomic E-state index is -0.914. The first kappa shape index (κ1) is 17.6. The molecule has 7 heteroatoms. The zero-order valence-corrected chi connectivity index (χ0v) is 15.1. The number of hydrogen-bond donors (Lipinski definition) is 1. The molecule has 2 amide bonds. The number of hydrogen-bond acceptors (Lipinski definition) is 3. The van der Waals surface area contributed by atoms with Gasteiger partial charge in [0.15, 0.2) is 0 Å². The maximum Gasteiger partial charge on any atom is 0.263 e. The van der Waals surface area contributed by atoms with Crippen LogP contribution in [-0.2, 0) is 0 Å². The second-order valence-electron chi connectivity index (χ2n) is 6.44. The Hall–Kier alpha value is -2.80. The van der Waals surface area contributed by atoms with Gasteiger partial charge in [-0.25, -0.2) is 8.78 Å². The van der Waals surface area contributed by atoms with Crippen LogP contribution in [0, 0.1) is 11.6 Å².